The van der Waals surface area contributed by atoms with Crippen molar-refractivity contribution in [3.05, 3.63) is 77.6 Å². The first-order valence-electron chi connectivity index (χ1n) is 10.8. The summed E-state index contributed by atoms with van der Waals surface area (Å²) in [5, 5.41) is 7.38. The molecule has 1 N–H and O–H groups in total. The van der Waals surface area contributed by atoms with E-state index in [9.17, 15) is 14.4 Å². The molecule has 7 nitrogen and oxygen atoms in total. The summed E-state index contributed by atoms with van der Waals surface area (Å²) < 4.78 is 1.68. The summed E-state index contributed by atoms with van der Waals surface area (Å²) in [6.07, 6.45) is 1.35. The Morgan fingerprint density at radius 1 is 0.969 bits per heavy atom. The van der Waals surface area contributed by atoms with Crippen molar-refractivity contribution < 1.29 is 14.4 Å². The van der Waals surface area contributed by atoms with Gasteiger partial charge in [-0.2, -0.15) is 5.10 Å². The number of anilines is 1. The Labute approximate surface area is 187 Å². The number of aryl methyl sites for hydroxylation is 1. The number of likely N-dealkylation sites (tertiary alicyclic amines) is 1. The lowest BCUT2D eigenvalue weighted by molar-refractivity contribution is -0.130. The monoisotopic (exact) mass is 430 g/mol. The minimum absolute atomic E-state index is 0.134. The number of carbonyl (C=O) groups is 3. The van der Waals surface area contributed by atoms with Crippen LogP contribution in [0.1, 0.15) is 34.6 Å². The van der Waals surface area contributed by atoms with Crippen molar-refractivity contribution >= 4 is 23.3 Å². The van der Waals surface area contributed by atoms with Gasteiger partial charge in [-0.1, -0.05) is 36.4 Å². The van der Waals surface area contributed by atoms with E-state index >= 15 is 0 Å². The molecule has 2 heterocycles. The molecule has 164 valence electrons. The van der Waals surface area contributed by atoms with Crippen LogP contribution in [-0.2, 0) is 9.59 Å². The number of ketones is 1. The fraction of sp³-hybridized carbons (Fsp3) is 0.280. The van der Waals surface area contributed by atoms with Crippen molar-refractivity contribution in [3.8, 4) is 5.69 Å². The van der Waals surface area contributed by atoms with Gasteiger partial charge in [0.1, 0.15) is 0 Å². The topological polar surface area (TPSA) is 84.3 Å². The molecule has 1 fully saturated rings. The lowest BCUT2D eigenvalue weighted by Gasteiger charge is -2.31. The minimum Gasteiger partial charge on any atom is -0.335 e. The number of rotatable bonds is 5. The maximum atomic E-state index is 13.2. The predicted octanol–water partition coefficient (Wildman–Crippen LogP) is 3.55. The fourth-order valence-corrected chi connectivity index (χ4v) is 4.18. The summed E-state index contributed by atoms with van der Waals surface area (Å²) >= 11 is 0. The Morgan fingerprint density at radius 2 is 1.62 bits per heavy atom. The van der Waals surface area contributed by atoms with Crippen LogP contribution in [0, 0.1) is 19.8 Å². The van der Waals surface area contributed by atoms with Gasteiger partial charge in [-0.3, -0.25) is 14.4 Å². The summed E-state index contributed by atoms with van der Waals surface area (Å²) in [7, 11) is 0. The van der Waals surface area contributed by atoms with Gasteiger partial charge < -0.3 is 10.2 Å². The lowest BCUT2D eigenvalue weighted by Crippen LogP contribution is -2.46. The van der Waals surface area contributed by atoms with Crippen molar-refractivity contribution in [2.45, 2.75) is 26.7 Å². The predicted molar refractivity (Wildman–Crippen MR) is 122 cm³/mol. The molecular formula is C25H26N4O3. The first-order chi connectivity index (χ1) is 15.5. The van der Waals surface area contributed by atoms with Crippen molar-refractivity contribution in [3.63, 3.8) is 0 Å². The van der Waals surface area contributed by atoms with Crippen LogP contribution in [-0.4, -0.2) is 45.4 Å². The number of hydrogen-bond acceptors (Lipinski definition) is 4. The van der Waals surface area contributed by atoms with E-state index in [2.05, 4.69) is 10.4 Å². The van der Waals surface area contributed by atoms with Gasteiger partial charge >= 0.3 is 0 Å². The van der Waals surface area contributed by atoms with E-state index < -0.39 is 11.7 Å². The molecule has 1 aliphatic heterocycles. The second-order valence-electron chi connectivity index (χ2n) is 8.07. The standard InChI is InChI=1S/C25H26N4O3/c1-17-22(18(2)29(27-17)21-13-7-4-8-14-21)23(30)25(32)28-15-9-10-19(16-28)24(31)26-20-11-5-3-6-12-20/h3-8,11-14,19H,9-10,15-16H2,1-2H3,(H,26,31). The normalized spacial score (nSPS) is 15.9. The molecule has 0 bridgehead atoms. The van der Waals surface area contributed by atoms with Gasteiger partial charge in [0.2, 0.25) is 5.91 Å². The average molecular weight is 431 g/mol. The molecule has 2 amide bonds. The third kappa shape index (κ3) is 4.32. The quantitative estimate of drug-likeness (QED) is 0.496. The molecule has 0 saturated carbocycles. The highest BCUT2D eigenvalue weighted by Crippen LogP contribution is 2.22. The first kappa shape index (κ1) is 21.5. The number of para-hydroxylation sites is 2. The number of aromatic nitrogens is 2. The van der Waals surface area contributed by atoms with Gasteiger partial charge in [-0.25, -0.2) is 4.68 Å². The van der Waals surface area contributed by atoms with Gasteiger partial charge in [0.25, 0.3) is 11.7 Å². The molecule has 1 aliphatic rings. The highest BCUT2D eigenvalue weighted by Gasteiger charge is 2.34. The van der Waals surface area contributed by atoms with Crippen molar-refractivity contribution in [1.82, 2.24) is 14.7 Å². The van der Waals surface area contributed by atoms with Crippen LogP contribution in [0.2, 0.25) is 0 Å². The van der Waals surface area contributed by atoms with Crippen LogP contribution in [0.15, 0.2) is 60.7 Å². The minimum atomic E-state index is -0.582. The Hall–Kier alpha value is -3.74. The first-order valence-corrected chi connectivity index (χ1v) is 10.8. The Bertz CT molecular complexity index is 1140. The third-order valence-corrected chi connectivity index (χ3v) is 5.83. The molecule has 1 atom stereocenters. The van der Waals surface area contributed by atoms with E-state index in [1.165, 1.54) is 4.90 Å². The van der Waals surface area contributed by atoms with E-state index in [1.54, 1.807) is 18.5 Å². The van der Waals surface area contributed by atoms with Gasteiger partial charge in [-0.05, 0) is 51.0 Å². The van der Waals surface area contributed by atoms with Crippen LogP contribution in [0.5, 0.6) is 0 Å². The Kier molecular flexibility index (Phi) is 6.16. The van der Waals surface area contributed by atoms with Crippen LogP contribution in [0.3, 0.4) is 0 Å². The molecule has 32 heavy (non-hydrogen) atoms. The number of amides is 2. The smallest absolute Gasteiger partial charge is 0.295 e. The molecule has 0 spiro atoms. The zero-order valence-corrected chi connectivity index (χ0v) is 18.2. The van der Waals surface area contributed by atoms with Crippen molar-refractivity contribution in [2.75, 3.05) is 18.4 Å². The van der Waals surface area contributed by atoms with Crippen molar-refractivity contribution in [1.29, 1.82) is 0 Å². The summed E-state index contributed by atoms with van der Waals surface area (Å²) in [6, 6.07) is 18.7. The number of hydrogen-bond donors (Lipinski definition) is 1. The summed E-state index contributed by atoms with van der Waals surface area (Å²) in [5.74, 6) is -1.65. The van der Waals surface area contributed by atoms with Crippen LogP contribution in [0.25, 0.3) is 5.69 Å². The third-order valence-electron chi connectivity index (χ3n) is 5.83. The molecular weight excluding hydrogens is 404 g/mol. The van der Waals surface area contributed by atoms with Gasteiger partial charge in [-0.15, -0.1) is 0 Å². The van der Waals surface area contributed by atoms with E-state index in [-0.39, 0.29) is 18.4 Å². The summed E-state index contributed by atoms with van der Waals surface area (Å²) in [4.78, 5) is 40.4. The molecule has 4 rings (SSSR count). The van der Waals surface area contributed by atoms with E-state index in [1.807, 2.05) is 60.7 Å². The number of Topliss-reactive ketones (excluding diaryl/α,β-unsaturated/α-hetero) is 1. The van der Waals surface area contributed by atoms with Gasteiger partial charge in [0, 0.05) is 18.8 Å². The average Bonchev–Trinajstić information content (AvgIpc) is 3.13. The van der Waals surface area contributed by atoms with Crippen molar-refractivity contribution in [2.24, 2.45) is 5.92 Å². The summed E-state index contributed by atoms with van der Waals surface area (Å²) in [6.45, 7) is 4.22. The lowest BCUT2D eigenvalue weighted by atomic mass is 9.96. The molecule has 0 aliphatic carbocycles. The number of carbonyl (C=O) groups excluding carboxylic acids is 3. The zero-order valence-electron chi connectivity index (χ0n) is 18.2. The van der Waals surface area contributed by atoms with Crippen LogP contribution >= 0.6 is 0 Å². The zero-order chi connectivity index (χ0) is 22.7. The SMILES string of the molecule is Cc1nn(-c2ccccc2)c(C)c1C(=O)C(=O)N1CCCC(C(=O)Nc2ccccc2)C1. The van der Waals surface area contributed by atoms with E-state index in [4.69, 9.17) is 0 Å². The number of nitrogens with one attached hydrogen (secondary N) is 1. The molecule has 2 aromatic carbocycles. The van der Waals surface area contributed by atoms with Gasteiger partial charge in [0.05, 0.1) is 28.6 Å². The molecule has 1 aromatic heterocycles. The van der Waals surface area contributed by atoms with Crippen LogP contribution in [0.4, 0.5) is 5.69 Å². The number of nitrogens with zero attached hydrogens (tertiary/aromatic N) is 3. The maximum Gasteiger partial charge on any atom is 0.295 e. The Morgan fingerprint density at radius 3 is 2.31 bits per heavy atom. The Balaban J connectivity index is 1.49. The number of piperidine rings is 1. The van der Waals surface area contributed by atoms with Crippen LogP contribution < -0.4 is 5.32 Å². The molecule has 1 saturated heterocycles. The maximum absolute atomic E-state index is 13.2. The van der Waals surface area contributed by atoms with E-state index in [0.717, 1.165) is 11.4 Å². The largest absolute Gasteiger partial charge is 0.335 e. The second-order valence-corrected chi connectivity index (χ2v) is 8.07. The molecule has 1 unspecified atom stereocenters. The molecule has 3 aromatic rings. The highest BCUT2D eigenvalue weighted by molar-refractivity contribution is 6.43. The highest BCUT2D eigenvalue weighted by atomic mass is 16.2. The summed E-state index contributed by atoms with van der Waals surface area (Å²) in [5.41, 5.74) is 3.02. The van der Waals surface area contributed by atoms with Gasteiger partial charge in [0.15, 0.2) is 0 Å². The molecule has 0 radical (unpaired) electrons. The second kappa shape index (κ2) is 9.18. The fourth-order valence-electron chi connectivity index (χ4n) is 4.18. The van der Waals surface area contributed by atoms with E-state index in [0.29, 0.717) is 36.3 Å². The molecule has 7 heteroatoms. The number of benzene rings is 2.